The van der Waals surface area contributed by atoms with Gasteiger partial charge in [-0.05, 0) is 28.0 Å². The van der Waals surface area contributed by atoms with E-state index in [-0.39, 0.29) is 12.4 Å². The van der Waals surface area contributed by atoms with Gasteiger partial charge >= 0.3 is 0 Å². The van der Waals surface area contributed by atoms with E-state index in [9.17, 15) is 10.2 Å². The third-order valence-electron chi connectivity index (χ3n) is 5.09. The molecule has 0 radical (unpaired) electrons. The van der Waals surface area contributed by atoms with Gasteiger partial charge in [0.2, 0.25) is 0 Å². The smallest absolute Gasteiger partial charge is 0.134 e. The van der Waals surface area contributed by atoms with Crippen molar-refractivity contribution in [1.29, 1.82) is 0 Å². The van der Waals surface area contributed by atoms with E-state index in [2.05, 4.69) is 0 Å². The molecule has 3 heteroatoms. The maximum absolute atomic E-state index is 10.5. The molecule has 28 heavy (non-hydrogen) atoms. The average Bonchev–Trinajstić information content (AvgIpc) is 2.77. The zero-order valence-corrected chi connectivity index (χ0v) is 15.4. The predicted molar refractivity (Wildman–Crippen MR) is 114 cm³/mol. The molecule has 138 valence electrons. The maximum Gasteiger partial charge on any atom is 0.134 e. The van der Waals surface area contributed by atoms with Crippen LogP contribution in [0.2, 0.25) is 0 Å². The van der Waals surface area contributed by atoms with Gasteiger partial charge in [0.15, 0.2) is 0 Å². The van der Waals surface area contributed by atoms with Gasteiger partial charge in [-0.15, -0.1) is 0 Å². The molecular formula is C25H21NO2. The van der Waals surface area contributed by atoms with Gasteiger partial charge < -0.3 is 10.2 Å². The van der Waals surface area contributed by atoms with Crippen LogP contribution in [0.1, 0.15) is 16.7 Å². The van der Waals surface area contributed by atoms with Gasteiger partial charge in [0, 0.05) is 11.8 Å². The summed E-state index contributed by atoms with van der Waals surface area (Å²) >= 11 is 0. The van der Waals surface area contributed by atoms with Crippen molar-refractivity contribution >= 4 is 17.0 Å². The number of phenols is 1. The fraction of sp³-hybridized carbons (Fsp3) is 0.0800. The number of aromatic hydroxyl groups is 1. The molecule has 0 unspecified atom stereocenters. The number of aliphatic hydroxyl groups excluding tert-OH is 1. The van der Waals surface area contributed by atoms with Crippen molar-refractivity contribution in [3.63, 3.8) is 0 Å². The fourth-order valence-electron chi connectivity index (χ4n) is 3.56. The molecule has 0 atom stereocenters. The summed E-state index contributed by atoms with van der Waals surface area (Å²) in [6.07, 6.45) is 1.67. The highest BCUT2D eigenvalue weighted by atomic mass is 16.3. The second-order valence-corrected chi connectivity index (χ2v) is 6.73. The standard InChI is InChI=1S/C25H21NO2/c27-18-25(20-10-3-1-4-11-20,21-12-5-2-6-13-21)26-17-23-22-14-8-7-9-19(22)15-16-24(23)28/h1-17,27-28H,18H2. The molecule has 0 aliphatic rings. The minimum Gasteiger partial charge on any atom is -0.507 e. The highest BCUT2D eigenvalue weighted by Crippen LogP contribution is 2.34. The molecule has 0 aliphatic heterocycles. The van der Waals surface area contributed by atoms with Gasteiger partial charge in [0.05, 0.1) is 6.61 Å². The Labute approximate surface area is 164 Å². The molecule has 0 aliphatic carbocycles. The van der Waals surface area contributed by atoms with Gasteiger partial charge in [0.1, 0.15) is 11.3 Å². The molecule has 3 nitrogen and oxygen atoms in total. The molecule has 0 spiro atoms. The molecule has 4 aromatic rings. The first kappa shape index (κ1) is 18.0. The van der Waals surface area contributed by atoms with Crippen LogP contribution in [0.25, 0.3) is 10.8 Å². The summed E-state index contributed by atoms with van der Waals surface area (Å²) in [5, 5.41) is 22.9. The molecule has 0 fully saturated rings. The Kier molecular flexibility index (Phi) is 4.92. The Balaban J connectivity index is 1.92. The minimum atomic E-state index is -0.952. The van der Waals surface area contributed by atoms with Crippen molar-refractivity contribution in [3.05, 3.63) is 114 Å². The number of aliphatic imine (C=N–C) groups is 1. The molecule has 0 bridgehead atoms. The summed E-state index contributed by atoms with van der Waals surface area (Å²) in [5.74, 6) is 0.162. The number of phenolic OH excluding ortho intramolecular Hbond substituents is 1. The van der Waals surface area contributed by atoms with E-state index < -0.39 is 5.54 Å². The van der Waals surface area contributed by atoms with Crippen molar-refractivity contribution in [2.24, 2.45) is 4.99 Å². The third kappa shape index (κ3) is 3.17. The van der Waals surface area contributed by atoms with Crippen molar-refractivity contribution in [3.8, 4) is 5.75 Å². The third-order valence-corrected chi connectivity index (χ3v) is 5.09. The van der Waals surface area contributed by atoms with Crippen molar-refractivity contribution in [2.45, 2.75) is 5.54 Å². The number of hydrogen-bond acceptors (Lipinski definition) is 3. The summed E-state index contributed by atoms with van der Waals surface area (Å²) in [5.41, 5.74) is 1.47. The molecule has 0 saturated heterocycles. The monoisotopic (exact) mass is 367 g/mol. The normalized spacial score (nSPS) is 11.9. The quantitative estimate of drug-likeness (QED) is 0.493. The lowest BCUT2D eigenvalue weighted by atomic mass is 9.84. The van der Waals surface area contributed by atoms with Crippen LogP contribution in [-0.4, -0.2) is 23.0 Å². The van der Waals surface area contributed by atoms with Gasteiger partial charge in [-0.1, -0.05) is 91.0 Å². The number of aliphatic hydroxyl groups is 1. The van der Waals surface area contributed by atoms with Crippen molar-refractivity contribution in [1.82, 2.24) is 0 Å². The van der Waals surface area contributed by atoms with Crippen LogP contribution in [0.5, 0.6) is 5.75 Å². The first-order chi connectivity index (χ1) is 13.7. The maximum atomic E-state index is 10.5. The number of hydrogen-bond donors (Lipinski definition) is 2. The molecule has 4 rings (SSSR count). The van der Waals surface area contributed by atoms with Crippen LogP contribution >= 0.6 is 0 Å². The molecule has 4 aromatic carbocycles. The van der Waals surface area contributed by atoms with E-state index in [1.165, 1.54) is 0 Å². The Morgan fingerprint density at radius 1 is 0.714 bits per heavy atom. The highest BCUT2D eigenvalue weighted by molar-refractivity contribution is 6.02. The van der Waals surface area contributed by atoms with E-state index in [4.69, 9.17) is 4.99 Å². The van der Waals surface area contributed by atoms with Gasteiger partial charge in [-0.2, -0.15) is 0 Å². The summed E-state index contributed by atoms with van der Waals surface area (Å²) in [7, 11) is 0. The van der Waals surface area contributed by atoms with E-state index in [1.807, 2.05) is 91.0 Å². The van der Waals surface area contributed by atoms with Gasteiger partial charge in [-0.3, -0.25) is 4.99 Å². The molecule has 2 N–H and O–H groups in total. The van der Waals surface area contributed by atoms with E-state index in [0.717, 1.165) is 21.9 Å². The van der Waals surface area contributed by atoms with Crippen LogP contribution in [-0.2, 0) is 5.54 Å². The summed E-state index contributed by atoms with van der Waals surface area (Å²) in [6, 6.07) is 30.9. The topological polar surface area (TPSA) is 52.8 Å². The average molecular weight is 367 g/mol. The number of fused-ring (bicyclic) bond motifs is 1. The SMILES string of the molecule is OCC(N=Cc1c(O)ccc2ccccc12)(c1ccccc1)c1ccccc1. The second kappa shape index (κ2) is 7.67. The van der Waals surface area contributed by atoms with E-state index in [0.29, 0.717) is 5.56 Å². The van der Waals surface area contributed by atoms with Gasteiger partial charge in [0.25, 0.3) is 0 Å². The predicted octanol–water partition coefficient (Wildman–Crippen LogP) is 4.90. The molecule has 0 heterocycles. The lowest BCUT2D eigenvalue weighted by Gasteiger charge is -2.29. The zero-order chi connectivity index (χ0) is 19.4. The van der Waals surface area contributed by atoms with Crippen molar-refractivity contribution < 1.29 is 10.2 Å². The summed E-state index contributed by atoms with van der Waals surface area (Å²) in [4.78, 5) is 4.86. The van der Waals surface area contributed by atoms with Crippen LogP contribution in [0.4, 0.5) is 0 Å². The van der Waals surface area contributed by atoms with Crippen molar-refractivity contribution in [2.75, 3.05) is 6.61 Å². The summed E-state index contributed by atoms with van der Waals surface area (Å²) in [6.45, 7) is -0.191. The van der Waals surface area contributed by atoms with E-state index in [1.54, 1.807) is 12.3 Å². The lowest BCUT2D eigenvalue weighted by Crippen LogP contribution is -2.30. The number of nitrogens with zero attached hydrogens (tertiary/aromatic N) is 1. The minimum absolute atomic E-state index is 0.162. The largest absolute Gasteiger partial charge is 0.507 e. The first-order valence-electron chi connectivity index (χ1n) is 9.22. The van der Waals surface area contributed by atoms with Crippen LogP contribution in [0, 0.1) is 0 Å². The lowest BCUT2D eigenvalue weighted by molar-refractivity contribution is 0.225. The number of rotatable bonds is 5. The number of benzene rings is 4. The molecular weight excluding hydrogens is 346 g/mol. The van der Waals surface area contributed by atoms with Crippen LogP contribution < -0.4 is 0 Å². The van der Waals surface area contributed by atoms with E-state index >= 15 is 0 Å². The Morgan fingerprint density at radius 2 is 1.29 bits per heavy atom. The van der Waals surface area contributed by atoms with Crippen LogP contribution in [0.15, 0.2) is 102 Å². The Hall–Kier alpha value is -3.43. The molecule has 0 saturated carbocycles. The fourth-order valence-corrected chi connectivity index (χ4v) is 3.56. The molecule has 0 aromatic heterocycles. The zero-order valence-electron chi connectivity index (χ0n) is 15.4. The summed E-state index contributed by atoms with van der Waals surface area (Å²) < 4.78 is 0. The first-order valence-corrected chi connectivity index (χ1v) is 9.22. The van der Waals surface area contributed by atoms with Crippen LogP contribution in [0.3, 0.4) is 0 Å². The Bertz CT molecular complexity index is 1070. The second-order valence-electron chi connectivity index (χ2n) is 6.73. The Morgan fingerprint density at radius 3 is 1.89 bits per heavy atom. The highest BCUT2D eigenvalue weighted by Gasteiger charge is 2.32. The van der Waals surface area contributed by atoms with Gasteiger partial charge in [-0.25, -0.2) is 0 Å². The molecule has 0 amide bonds.